The minimum Gasteiger partial charge on any atom is -0.353 e. The molecule has 0 saturated heterocycles. The Kier molecular flexibility index (Phi) is 1.85. The third kappa shape index (κ3) is 1.18. The number of aromatic amines is 2. The first-order valence-electron chi connectivity index (χ1n) is 4.96. The van der Waals surface area contributed by atoms with Crippen LogP contribution in [0.25, 0.3) is 21.8 Å². The Balaban J connectivity index is 2.69. The van der Waals surface area contributed by atoms with Gasteiger partial charge in [-0.2, -0.15) is 0 Å². The summed E-state index contributed by atoms with van der Waals surface area (Å²) in [6.07, 6.45) is 0. The lowest BCUT2D eigenvalue weighted by Crippen LogP contribution is -1.96. The highest BCUT2D eigenvalue weighted by molar-refractivity contribution is 6.30. The summed E-state index contributed by atoms with van der Waals surface area (Å²) in [5, 5.41) is 2.12. The maximum absolute atomic E-state index is 11.8. The molecule has 0 amide bonds. The van der Waals surface area contributed by atoms with Crippen molar-refractivity contribution in [2.75, 3.05) is 0 Å². The summed E-state index contributed by atoms with van der Waals surface area (Å²) < 4.78 is 0. The predicted molar refractivity (Wildman–Crippen MR) is 66.2 cm³/mol. The molecule has 0 radical (unpaired) electrons. The lowest BCUT2D eigenvalue weighted by Gasteiger charge is -1.98. The fourth-order valence-corrected chi connectivity index (χ4v) is 2.34. The van der Waals surface area contributed by atoms with Crippen LogP contribution in [0.4, 0.5) is 0 Å². The van der Waals surface area contributed by atoms with Crippen LogP contribution in [0.3, 0.4) is 0 Å². The number of pyridine rings is 1. The summed E-state index contributed by atoms with van der Waals surface area (Å²) in [7, 11) is 0. The minimum atomic E-state index is 0.0189. The number of halogens is 1. The first kappa shape index (κ1) is 9.48. The first-order chi connectivity index (χ1) is 7.66. The van der Waals surface area contributed by atoms with Crippen molar-refractivity contribution < 1.29 is 0 Å². The van der Waals surface area contributed by atoms with Gasteiger partial charge in [0.1, 0.15) is 5.15 Å². The van der Waals surface area contributed by atoms with Gasteiger partial charge in [0.05, 0.1) is 16.4 Å². The van der Waals surface area contributed by atoms with Crippen molar-refractivity contribution in [2.24, 2.45) is 0 Å². The van der Waals surface area contributed by atoms with Crippen LogP contribution in [0, 0.1) is 6.92 Å². The number of H-pyrrole nitrogens is 2. The predicted octanol–water partition coefficient (Wildman–Crippen LogP) is 2.97. The van der Waals surface area contributed by atoms with Crippen molar-refractivity contribution in [1.82, 2.24) is 9.97 Å². The molecule has 3 aromatic rings. The Morgan fingerprint density at radius 3 is 2.88 bits per heavy atom. The Labute approximate surface area is 96.1 Å². The summed E-state index contributed by atoms with van der Waals surface area (Å²) in [6, 6.07) is 6.99. The van der Waals surface area contributed by atoms with Crippen LogP contribution >= 0.6 is 11.6 Å². The van der Waals surface area contributed by atoms with Gasteiger partial charge in [-0.05, 0) is 25.1 Å². The van der Waals surface area contributed by atoms with E-state index in [1.54, 1.807) is 18.2 Å². The first-order valence-corrected chi connectivity index (χ1v) is 5.34. The Bertz CT molecular complexity index is 755. The third-order valence-corrected chi connectivity index (χ3v) is 2.98. The summed E-state index contributed by atoms with van der Waals surface area (Å²) in [6.45, 7) is 1.92. The maximum Gasteiger partial charge on any atom is 0.188 e. The molecule has 0 spiro atoms. The number of hydrogen-bond acceptors (Lipinski definition) is 1. The van der Waals surface area contributed by atoms with Crippen molar-refractivity contribution in [2.45, 2.75) is 6.92 Å². The van der Waals surface area contributed by atoms with E-state index in [2.05, 4.69) is 9.97 Å². The van der Waals surface area contributed by atoms with Crippen molar-refractivity contribution in [3.8, 4) is 0 Å². The standard InChI is InChI=1S/C12H9ClN2O/c1-6-12-7(5-10(13)14-6)11-8(15-12)3-2-4-9(11)16/h2-5,14-15H,1H3. The van der Waals surface area contributed by atoms with Crippen molar-refractivity contribution in [3.05, 3.63) is 45.3 Å². The molecule has 3 rings (SSSR count). The van der Waals surface area contributed by atoms with Crippen LogP contribution in [0.1, 0.15) is 5.69 Å². The molecular formula is C12H9ClN2O. The van der Waals surface area contributed by atoms with E-state index < -0.39 is 0 Å². The second-order valence-corrected chi connectivity index (χ2v) is 4.24. The highest BCUT2D eigenvalue weighted by Gasteiger charge is 2.09. The Hall–Kier alpha value is -1.74. The van der Waals surface area contributed by atoms with Crippen LogP contribution in [-0.4, -0.2) is 9.97 Å². The number of aromatic nitrogens is 2. The number of aryl methyl sites for hydroxylation is 1. The molecule has 0 aliphatic heterocycles. The van der Waals surface area contributed by atoms with Gasteiger partial charge in [-0.15, -0.1) is 0 Å². The highest BCUT2D eigenvalue weighted by atomic mass is 35.5. The van der Waals surface area contributed by atoms with E-state index in [4.69, 9.17) is 11.6 Å². The molecule has 2 heterocycles. The van der Waals surface area contributed by atoms with Crippen LogP contribution in [0.2, 0.25) is 5.15 Å². The summed E-state index contributed by atoms with van der Waals surface area (Å²) >= 11 is 5.96. The fourth-order valence-electron chi connectivity index (χ4n) is 2.08. The van der Waals surface area contributed by atoms with Crippen molar-refractivity contribution >= 4 is 33.4 Å². The number of rotatable bonds is 0. The topological polar surface area (TPSA) is 48.6 Å². The number of hydrogen-bond donors (Lipinski definition) is 2. The molecule has 0 saturated carbocycles. The minimum absolute atomic E-state index is 0.0189. The molecule has 2 N–H and O–H groups in total. The lowest BCUT2D eigenvalue weighted by atomic mass is 10.1. The summed E-state index contributed by atoms with van der Waals surface area (Å²) in [5.74, 6) is 0. The van der Waals surface area contributed by atoms with Crippen LogP contribution in [-0.2, 0) is 0 Å². The van der Waals surface area contributed by atoms with Gasteiger partial charge in [0.2, 0.25) is 0 Å². The van der Waals surface area contributed by atoms with E-state index in [1.165, 1.54) is 0 Å². The fraction of sp³-hybridized carbons (Fsp3) is 0.0833. The van der Waals surface area contributed by atoms with Crippen LogP contribution in [0.15, 0.2) is 29.1 Å². The highest BCUT2D eigenvalue weighted by Crippen LogP contribution is 2.26. The van der Waals surface area contributed by atoms with Gasteiger partial charge in [0, 0.05) is 11.1 Å². The molecule has 1 aromatic carbocycles. The average molecular weight is 233 g/mol. The van der Waals surface area contributed by atoms with Gasteiger partial charge < -0.3 is 9.97 Å². The molecule has 0 atom stereocenters. The zero-order chi connectivity index (χ0) is 11.3. The van der Waals surface area contributed by atoms with Crippen LogP contribution < -0.4 is 5.43 Å². The van der Waals surface area contributed by atoms with E-state index in [9.17, 15) is 4.79 Å². The van der Waals surface area contributed by atoms with E-state index in [0.717, 1.165) is 22.1 Å². The normalized spacial score (nSPS) is 11.4. The smallest absolute Gasteiger partial charge is 0.188 e. The van der Waals surface area contributed by atoms with E-state index in [0.29, 0.717) is 10.5 Å². The van der Waals surface area contributed by atoms with Crippen molar-refractivity contribution in [3.63, 3.8) is 0 Å². The number of nitrogens with one attached hydrogen (secondary N) is 2. The van der Waals surface area contributed by atoms with Gasteiger partial charge in [-0.25, -0.2) is 0 Å². The molecular weight excluding hydrogens is 224 g/mol. The quantitative estimate of drug-likeness (QED) is 0.575. The van der Waals surface area contributed by atoms with Gasteiger partial charge in [-0.1, -0.05) is 17.7 Å². The molecule has 0 unspecified atom stereocenters. The third-order valence-electron chi connectivity index (χ3n) is 2.78. The average Bonchev–Trinajstić information content (AvgIpc) is 2.58. The van der Waals surface area contributed by atoms with Gasteiger partial charge >= 0.3 is 0 Å². The monoisotopic (exact) mass is 232 g/mol. The number of benzene rings is 1. The molecule has 2 aromatic heterocycles. The molecule has 0 fully saturated rings. The summed E-state index contributed by atoms with van der Waals surface area (Å²) in [4.78, 5) is 18.1. The lowest BCUT2D eigenvalue weighted by molar-refractivity contribution is 1.22. The largest absolute Gasteiger partial charge is 0.353 e. The molecule has 4 heteroatoms. The SMILES string of the molecule is Cc1[nH]c(Cl)cc2c1[nH]c1cccc(=O)c12. The van der Waals surface area contributed by atoms with E-state index in [1.807, 2.05) is 13.0 Å². The maximum atomic E-state index is 11.8. The zero-order valence-electron chi connectivity index (χ0n) is 8.60. The second-order valence-electron chi connectivity index (χ2n) is 3.83. The molecule has 80 valence electrons. The van der Waals surface area contributed by atoms with E-state index in [-0.39, 0.29) is 5.43 Å². The van der Waals surface area contributed by atoms with Crippen LogP contribution in [0.5, 0.6) is 0 Å². The zero-order valence-corrected chi connectivity index (χ0v) is 9.35. The second kappa shape index (κ2) is 3.12. The summed E-state index contributed by atoms with van der Waals surface area (Å²) in [5.41, 5.74) is 2.73. The molecule has 3 nitrogen and oxygen atoms in total. The Morgan fingerprint density at radius 2 is 2.06 bits per heavy atom. The molecule has 0 aliphatic carbocycles. The molecule has 0 aliphatic rings. The van der Waals surface area contributed by atoms with Gasteiger partial charge in [-0.3, -0.25) is 4.79 Å². The molecule has 0 bridgehead atoms. The molecule has 16 heavy (non-hydrogen) atoms. The van der Waals surface area contributed by atoms with Gasteiger partial charge in [0.15, 0.2) is 5.43 Å². The van der Waals surface area contributed by atoms with Gasteiger partial charge in [0.25, 0.3) is 0 Å². The number of fused-ring (bicyclic) bond motifs is 3. The Morgan fingerprint density at radius 1 is 1.25 bits per heavy atom. The van der Waals surface area contributed by atoms with Crippen molar-refractivity contribution in [1.29, 1.82) is 0 Å². The van der Waals surface area contributed by atoms with E-state index >= 15 is 0 Å².